The van der Waals surface area contributed by atoms with E-state index < -0.39 is 6.03 Å². The van der Waals surface area contributed by atoms with Crippen LogP contribution >= 0.6 is 11.6 Å². The zero-order chi connectivity index (χ0) is 30.1. The van der Waals surface area contributed by atoms with E-state index in [4.69, 9.17) is 16.6 Å². The smallest absolute Gasteiger partial charge is 0.331 e. The van der Waals surface area contributed by atoms with Crippen LogP contribution in [0, 0.1) is 19.8 Å². The molecule has 2 N–H and O–H groups in total. The molecule has 13 nitrogen and oxygen atoms in total. The predicted molar refractivity (Wildman–Crippen MR) is 158 cm³/mol. The molecule has 3 atom stereocenters. The molecule has 218 valence electrons. The van der Waals surface area contributed by atoms with Gasteiger partial charge in [-0.3, -0.25) is 14.6 Å². The number of fused-ring (bicyclic) bond motifs is 1. The number of halogens is 1. The van der Waals surface area contributed by atoms with Gasteiger partial charge in [0, 0.05) is 56.3 Å². The number of imide groups is 1. The number of likely N-dealkylation sites (N-methyl/N-ethyl adjacent to an activating group) is 1. The van der Waals surface area contributed by atoms with Gasteiger partial charge in [-0.25, -0.2) is 29.7 Å². The van der Waals surface area contributed by atoms with E-state index in [2.05, 4.69) is 30.6 Å². The molecule has 1 saturated heterocycles. The number of nitrogens with zero attached hydrogens (tertiary/aromatic N) is 8. The van der Waals surface area contributed by atoms with Crippen LogP contribution in [0.2, 0.25) is 5.02 Å². The summed E-state index contributed by atoms with van der Waals surface area (Å²) < 4.78 is 1.76. The molecule has 4 aromatic heterocycles. The summed E-state index contributed by atoms with van der Waals surface area (Å²) in [5.41, 5.74) is 2.72. The molecule has 5 heterocycles. The number of carbonyl (C=O) groups excluding carboxylic acids is 3. The minimum atomic E-state index is -0.407. The van der Waals surface area contributed by atoms with E-state index >= 15 is 0 Å². The van der Waals surface area contributed by atoms with Crippen LogP contribution in [0.3, 0.4) is 0 Å². The van der Waals surface area contributed by atoms with Gasteiger partial charge in [-0.15, -0.1) is 0 Å². The number of nitrogens with one attached hydrogen (secondary N) is 2. The maximum atomic E-state index is 12.5. The number of anilines is 3. The highest BCUT2D eigenvalue weighted by Gasteiger charge is 2.40. The molecule has 4 aromatic rings. The van der Waals surface area contributed by atoms with E-state index in [0.717, 1.165) is 34.8 Å². The molecule has 2 fully saturated rings. The molecule has 1 aliphatic heterocycles. The minimum Gasteiger partial charge on any atom is -0.373 e. The van der Waals surface area contributed by atoms with E-state index in [-0.39, 0.29) is 24.4 Å². The van der Waals surface area contributed by atoms with Gasteiger partial charge in [0.15, 0.2) is 5.65 Å². The summed E-state index contributed by atoms with van der Waals surface area (Å²) in [6, 6.07) is 4.72. The van der Waals surface area contributed by atoms with Crippen molar-refractivity contribution >= 4 is 52.8 Å². The van der Waals surface area contributed by atoms with Gasteiger partial charge < -0.3 is 19.8 Å². The summed E-state index contributed by atoms with van der Waals surface area (Å²) in [4.78, 5) is 59.1. The number of imidazole rings is 1. The van der Waals surface area contributed by atoms with Gasteiger partial charge in [-0.2, -0.15) is 0 Å². The van der Waals surface area contributed by atoms with E-state index in [1.807, 2.05) is 39.1 Å². The molecule has 0 radical (unpaired) electrons. The lowest BCUT2D eigenvalue weighted by Gasteiger charge is -2.16. The Morgan fingerprint density at radius 1 is 1.10 bits per heavy atom. The molecule has 14 heteroatoms. The Morgan fingerprint density at radius 2 is 1.86 bits per heavy atom. The van der Waals surface area contributed by atoms with Crippen molar-refractivity contribution in [2.75, 3.05) is 36.2 Å². The van der Waals surface area contributed by atoms with Gasteiger partial charge in [-0.05, 0) is 39.3 Å². The second-order valence-electron chi connectivity index (χ2n) is 10.3. The van der Waals surface area contributed by atoms with Crippen molar-refractivity contribution in [3.8, 4) is 0 Å². The molecule has 0 spiro atoms. The lowest BCUT2D eigenvalue weighted by molar-refractivity contribution is -0.123. The lowest BCUT2D eigenvalue weighted by atomic mass is 10.2. The van der Waals surface area contributed by atoms with E-state index in [1.54, 1.807) is 29.9 Å². The number of pyridine rings is 1. The van der Waals surface area contributed by atoms with Gasteiger partial charge in [0.05, 0.1) is 22.4 Å². The van der Waals surface area contributed by atoms with Crippen molar-refractivity contribution in [2.24, 2.45) is 5.92 Å². The number of carbonyl (C=O) groups is 3. The molecule has 3 amide bonds. The average Bonchev–Trinajstić information content (AvgIpc) is 3.56. The standard InChI is InChI=1S/C19H21ClN8O2.C9H10N2O/c1-10(22-16-6-15(21-3)23-11(2)24-16)13-8-27-7-12(20)5-14(18(27)25-13)28-9-17(29)26(4)19(28)30;1-6-2-3-10-9(11-6)8-4-7(8)5-12/h5-8,10H,9H2,1-4H3,(H2,21,22,23,24);2-3,5,7-8H,4H2,1H3/t;7?,8-/m.0/s1. The van der Waals surface area contributed by atoms with Crippen LogP contribution < -0.4 is 15.5 Å². The average molecular weight is 591 g/mol. The largest absolute Gasteiger partial charge is 0.373 e. The third kappa shape index (κ3) is 6.00. The number of rotatable bonds is 7. The summed E-state index contributed by atoms with van der Waals surface area (Å²) in [6.07, 6.45) is 7.21. The highest BCUT2D eigenvalue weighted by molar-refractivity contribution is 6.31. The minimum absolute atomic E-state index is 0.0473. The molecule has 0 bridgehead atoms. The molecule has 1 saturated carbocycles. The van der Waals surface area contributed by atoms with Crippen molar-refractivity contribution in [3.05, 3.63) is 64.8 Å². The second kappa shape index (κ2) is 11.7. The predicted octanol–water partition coefficient (Wildman–Crippen LogP) is 3.79. The van der Waals surface area contributed by atoms with Crippen LogP contribution in [0.1, 0.15) is 48.3 Å². The zero-order valence-electron chi connectivity index (χ0n) is 23.9. The highest BCUT2D eigenvalue weighted by Crippen LogP contribution is 2.44. The molecule has 1 aliphatic carbocycles. The molecular weight excluding hydrogens is 560 g/mol. The zero-order valence-corrected chi connectivity index (χ0v) is 24.6. The number of aryl methyl sites for hydroxylation is 2. The Bertz CT molecular complexity index is 1680. The molecule has 6 rings (SSSR count). The summed E-state index contributed by atoms with van der Waals surface area (Å²) in [7, 11) is 3.25. The van der Waals surface area contributed by atoms with Crippen molar-refractivity contribution in [1.29, 1.82) is 0 Å². The molecule has 2 aliphatic rings. The maximum Gasteiger partial charge on any atom is 0.331 e. The fraction of sp³-hybridized carbons (Fsp3) is 0.357. The van der Waals surface area contributed by atoms with Gasteiger partial charge >= 0.3 is 6.03 Å². The van der Waals surface area contributed by atoms with Gasteiger partial charge in [-0.1, -0.05) is 11.6 Å². The van der Waals surface area contributed by atoms with Gasteiger partial charge in [0.2, 0.25) is 5.91 Å². The fourth-order valence-corrected chi connectivity index (χ4v) is 4.84. The Kier molecular flexibility index (Phi) is 8.03. The normalized spacial score (nSPS) is 18.5. The van der Waals surface area contributed by atoms with Crippen LogP contribution in [-0.4, -0.2) is 73.1 Å². The number of amides is 3. The van der Waals surface area contributed by atoms with E-state index in [0.29, 0.717) is 39.7 Å². The first-order valence-corrected chi connectivity index (χ1v) is 13.8. The molecule has 0 aromatic carbocycles. The molecule has 2 unspecified atom stereocenters. The van der Waals surface area contributed by atoms with Crippen LogP contribution in [0.4, 0.5) is 22.1 Å². The maximum absolute atomic E-state index is 12.5. The second-order valence-corrected chi connectivity index (χ2v) is 10.7. The van der Waals surface area contributed by atoms with Crippen molar-refractivity contribution < 1.29 is 14.4 Å². The third-order valence-corrected chi connectivity index (χ3v) is 7.26. The van der Waals surface area contributed by atoms with Gasteiger partial charge in [0.25, 0.3) is 0 Å². The summed E-state index contributed by atoms with van der Waals surface area (Å²) in [5, 5.41) is 6.76. The Hall–Kier alpha value is -4.65. The Morgan fingerprint density at radius 3 is 2.50 bits per heavy atom. The quantitative estimate of drug-likeness (QED) is 0.240. The topological polar surface area (TPSA) is 151 Å². The number of hydrogen-bond donors (Lipinski definition) is 2. The summed E-state index contributed by atoms with van der Waals surface area (Å²) in [5.74, 6) is 3.03. The first-order chi connectivity index (χ1) is 20.1. The SMILES string of the molecule is CNc1cc(NC(C)c2cn3cc(Cl)cc(N4CC(=O)N(C)C4=O)c3n2)nc(C)n1.Cc1ccnc([C@H]2CC2C=O)n1. The Balaban J connectivity index is 0.000000244. The highest BCUT2D eigenvalue weighted by atomic mass is 35.5. The molecular formula is C28H31ClN10O3. The van der Waals surface area contributed by atoms with Crippen LogP contribution in [0.5, 0.6) is 0 Å². The lowest BCUT2D eigenvalue weighted by Crippen LogP contribution is -2.30. The van der Waals surface area contributed by atoms with Crippen LogP contribution in [-0.2, 0) is 9.59 Å². The fourth-order valence-electron chi connectivity index (χ4n) is 4.63. The summed E-state index contributed by atoms with van der Waals surface area (Å²) >= 11 is 6.27. The third-order valence-electron chi connectivity index (χ3n) is 7.05. The summed E-state index contributed by atoms with van der Waals surface area (Å²) in [6.45, 7) is 5.66. The van der Waals surface area contributed by atoms with Crippen molar-refractivity contribution in [3.63, 3.8) is 0 Å². The van der Waals surface area contributed by atoms with E-state index in [9.17, 15) is 14.4 Å². The number of hydrogen-bond acceptors (Lipinski definition) is 10. The number of urea groups is 1. The van der Waals surface area contributed by atoms with Crippen molar-refractivity contribution in [2.45, 2.75) is 39.2 Å². The van der Waals surface area contributed by atoms with Crippen LogP contribution in [0.25, 0.3) is 5.65 Å². The van der Waals surface area contributed by atoms with Crippen LogP contribution in [0.15, 0.2) is 36.8 Å². The van der Waals surface area contributed by atoms with Crippen molar-refractivity contribution in [1.82, 2.24) is 34.2 Å². The molecule has 42 heavy (non-hydrogen) atoms. The monoisotopic (exact) mass is 590 g/mol. The first-order valence-electron chi connectivity index (χ1n) is 13.4. The first kappa shape index (κ1) is 28.9. The van der Waals surface area contributed by atoms with E-state index in [1.165, 1.54) is 11.9 Å². The van der Waals surface area contributed by atoms with Gasteiger partial charge in [0.1, 0.15) is 36.1 Å². The number of aromatic nitrogens is 6. The number of aldehydes is 1. The Labute approximate surface area is 247 Å².